The van der Waals surface area contributed by atoms with Crippen molar-refractivity contribution in [2.24, 2.45) is 11.7 Å². The molecule has 0 bridgehead atoms. The minimum atomic E-state index is -0.439. The summed E-state index contributed by atoms with van der Waals surface area (Å²) < 4.78 is 0. The Morgan fingerprint density at radius 3 is 2.25 bits per heavy atom. The van der Waals surface area contributed by atoms with Gasteiger partial charge in [0.15, 0.2) is 0 Å². The van der Waals surface area contributed by atoms with E-state index in [0.29, 0.717) is 0 Å². The average Bonchev–Trinajstić information content (AvgIpc) is 2.28. The lowest BCUT2D eigenvalue weighted by molar-refractivity contribution is -0.123. The van der Waals surface area contributed by atoms with Crippen LogP contribution in [0, 0.1) is 5.92 Å². The number of carbonyl (C=O) groups is 1. The summed E-state index contributed by atoms with van der Waals surface area (Å²) in [5.41, 5.74) is 6.86. The van der Waals surface area contributed by atoms with E-state index in [1.54, 1.807) is 0 Å². The molecule has 16 heavy (non-hydrogen) atoms. The molecule has 3 heteroatoms. The molecule has 0 aliphatic rings. The number of rotatable bonds is 4. The van der Waals surface area contributed by atoms with Crippen LogP contribution < -0.4 is 11.1 Å². The molecular weight excluding hydrogens is 200 g/mol. The van der Waals surface area contributed by atoms with Crippen LogP contribution in [-0.4, -0.2) is 11.9 Å². The zero-order valence-electron chi connectivity index (χ0n) is 10.1. The third kappa shape index (κ3) is 3.35. The largest absolute Gasteiger partial charge is 0.348 e. The third-order valence-corrected chi connectivity index (χ3v) is 2.68. The van der Waals surface area contributed by atoms with Crippen LogP contribution in [0.4, 0.5) is 0 Å². The Morgan fingerprint density at radius 2 is 1.75 bits per heavy atom. The lowest BCUT2D eigenvalue weighted by Crippen LogP contribution is -2.44. The highest BCUT2D eigenvalue weighted by Gasteiger charge is 2.19. The van der Waals surface area contributed by atoms with Crippen LogP contribution >= 0.6 is 0 Å². The molecule has 0 spiro atoms. The van der Waals surface area contributed by atoms with Gasteiger partial charge in [-0.2, -0.15) is 0 Å². The average molecular weight is 220 g/mol. The van der Waals surface area contributed by atoms with Crippen LogP contribution in [0.1, 0.15) is 32.4 Å². The van der Waals surface area contributed by atoms with Gasteiger partial charge in [0.25, 0.3) is 0 Å². The van der Waals surface area contributed by atoms with Gasteiger partial charge in [-0.25, -0.2) is 0 Å². The Hall–Kier alpha value is -1.35. The van der Waals surface area contributed by atoms with E-state index in [0.717, 1.165) is 5.56 Å². The first-order valence-electron chi connectivity index (χ1n) is 5.63. The number of amides is 1. The number of nitrogens with two attached hydrogens (primary N) is 1. The van der Waals surface area contributed by atoms with E-state index in [2.05, 4.69) is 5.32 Å². The molecule has 1 aromatic carbocycles. The summed E-state index contributed by atoms with van der Waals surface area (Å²) in [6.45, 7) is 5.84. The summed E-state index contributed by atoms with van der Waals surface area (Å²) >= 11 is 0. The molecule has 1 rings (SSSR count). The molecule has 3 nitrogen and oxygen atoms in total. The fourth-order valence-electron chi connectivity index (χ4n) is 1.44. The summed E-state index contributed by atoms with van der Waals surface area (Å²) in [6.07, 6.45) is 0. The van der Waals surface area contributed by atoms with Crippen LogP contribution in [0.25, 0.3) is 0 Å². The lowest BCUT2D eigenvalue weighted by atomic mass is 10.0. The van der Waals surface area contributed by atoms with Gasteiger partial charge in [0.2, 0.25) is 5.91 Å². The lowest BCUT2D eigenvalue weighted by Gasteiger charge is -2.19. The van der Waals surface area contributed by atoms with Gasteiger partial charge < -0.3 is 11.1 Å². The molecule has 0 heterocycles. The van der Waals surface area contributed by atoms with Crippen LogP contribution in [0.15, 0.2) is 30.3 Å². The summed E-state index contributed by atoms with van der Waals surface area (Å²) in [4.78, 5) is 11.7. The number of hydrogen-bond acceptors (Lipinski definition) is 2. The van der Waals surface area contributed by atoms with Crippen LogP contribution in [-0.2, 0) is 4.79 Å². The molecule has 1 amide bonds. The molecule has 0 aromatic heterocycles. The SMILES string of the molecule is CC(NC(=O)[C@H](N)C(C)C)c1ccccc1. The Bertz CT molecular complexity index is 335. The highest BCUT2D eigenvalue weighted by Crippen LogP contribution is 2.11. The van der Waals surface area contributed by atoms with E-state index < -0.39 is 6.04 Å². The second-order valence-electron chi connectivity index (χ2n) is 4.41. The maximum absolute atomic E-state index is 11.7. The van der Waals surface area contributed by atoms with E-state index in [1.165, 1.54) is 0 Å². The van der Waals surface area contributed by atoms with Crippen molar-refractivity contribution in [3.05, 3.63) is 35.9 Å². The molecule has 0 saturated heterocycles. The second-order valence-corrected chi connectivity index (χ2v) is 4.41. The van der Waals surface area contributed by atoms with E-state index in [9.17, 15) is 4.79 Å². The first-order valence-corrected chi connectivity index (χ1v) is 5.63. The normalized spacial score (nSPS) is 14.6. The van der Waals surface area contributed by atoms with Gasteiger partial charge in [0.1, 0.15) is 0 Å². The standard InChI is InChI=1S/C13H20N2O/c1-9(2)12(14)13(16)15-10(3)11-7-5-4-6-8-11/h4-10,12H,14H2,1-3H3,(H,15,16)/t10?,12-/m1/s1. The summed E-state index contributed by atoms with van der Waals surface area (Å²) in [6, 6.07) is 9.42. The predicted molar refractivity (Wildman–Crippen MR) is 65.8 cm³/mol. The minimum Gasteiger partial charge on any atom is -0.348 e. The van der Waals surface area contributed by atoms with Crippen LogP contribution in [0.2, 0.25) is 0 Å². The fraction of sp³-hybridized carbons (Fsp3) is 0.462. The Labute approximate surface area is 97.0 Å². The van der Waals surface area contributed by atoms with Crippen molar-refractivity contribution < 1.29 is 4.79 Å². The fourth-order valence-corrected chi connectivity index (χ4v) is 1.44. The topological polar surface area (TPSA) is 55.1 Å². The molecule has 88 valence electrons. The Balaban J connectivity index is 2.58. The van der Waals surface area contributed by atoms with Gasteiger partial charge in [-0.15, -0.1) is 0 Å². The summed E-state index contributed by atoms with van der Waals surface area (Å²) in [7, 11) is 0. The van der Waals surface area contributed by atoms with Gasteiger partial charge in [-0.3, -0.25) is 4.79 Å². The molecule has 0 saturated carbocycles. The van der Waals surface area contributed by atoms with E-state index in [1.807, 2.05) is 51.1 Å². The van der Waals surface area contributed by atoms with Crippen molar-refractivity contribution in [3.63, 3.8) is 0 Å². The van der Waals surface area contributed by atoms with Crippen molar-refractivity contribution >= 4 is 5.91 Å². The molecule has 3 N–H and O–H groups in total. The molecule has 0 radical (unpaired) electrons. The van der Waals surface area contributed by atoms with E-state index in [-0.39, 0.29) is 17.9 Å². The van der Waals surface area contributed by atoms with Crippen molar-refractivity contribution in [2.75, 3.05) is 0 Å². The summed E-state index contributed by atoms with van der Waals surface area (Å²) in [5.74, 6) is 0.0642. The maximum atomic E-state index is 11.7. The minimum absolute atomic E-state index is 0.00139. The van der Waals surface area contributed by atoms with Gasteiger partial charge in [0, 0.05) is 0 Å². The molecule has 0 aliphatic heterocycles. The van der Waals surface area contributed by atoms with Crippen LogP contribution in [0.5, 0.6) is 0 Å². The number of carbonyl (C=O) groups excluding carboxylic acids is 1. The van der Waals surface area contributed by atoms with Gasteiger partial charge in [-0.1, -0.05) is 44.2 Å². The molecule has 1 aromatic rings. The van der Waals surface area contributed by atoms with Crippen molar-refractivity contribution in [1.82, 2.24) is 5.32 Å². The smallest absolute Gasteiger partial charge is 0.237 e. The molecule has 0 aliphatic carbocycles. The Morgan fingerprint density at radius 1 is 1.19 bits per heavy atom. The maximum Gasteiger partial charge on any atom is 0.237 e. The van der Waals surface area contributed by atoms with Gasteiger partial charge in [0.05, 0.1) is 12.1 Å². The summed E-state index contributed by atoms with van der Waals surface area (Å²) in [5, 5.41) is 2.91. The van der Waals surface area contributed by atoms with Gasteiger partial charge >= 0.3 is 0 Å². The number of nitrogens with one attached hydrogen (secondary N) is 1. The molecule has 2 atom stereocenters. The van der Waals surface area contributed by atoms with Gasteiger partial charge in [-0.05, 0) is 18.4 Å². The third-order valence-electron chi connectivity index (χ3n) is 2.68. The number of hydrogen-bond donors (Lipinski definition) is 2. The first-order chi connectivity index (χ1) is 7.52. The van der Waals surface area contributed by atoms with Crippen LogP contribution in [0.3, 0.4) is 0 Å². The van der Waals surface area contributed by atoms with Crippen molar-refractivity contribution in [2.45, 2.75) is 32.9 Å². The molecule has 0 fully saturated rings. The molecule has 1 unspecified atom stereocenters. The quantitative estimate of drug-likeness (QED) is 0.813. The predicted octanol–water partition coefficient (Wildman–Crippen LogP) is 1.85. The second kappa shape index (κ2) is 5.66. The molecular formula is C13H20N2O. The van der Waals surface area contributed by atoms with Crippen molar-refractivity contribution in [3.8, 4) is 0 Å². The van der Waals surface area contributed by atoms with Crippen molar-refractivity contribution in [1.29, 1.82) is 0 Å². The highest BCUT2D eigenvalue weighted by atomic mass is 16.2. The first kappa shape index (κ1) is 12.7. The monoisotopic (exact) mass is 220 g/mol. The zero-order chi connectivity index (χ0) is 12.1. The van der Waals surface area contributed by atoms with E-state index in [4.69, 9.17) is 5.73 Å². The highest BCUT2D eigenvalue weighted by molar-refractivity contribution is 5.82. The van der Waals surface area contributed by atoms with E-state index >= 15 is 0 Å². The zero-order valence-corrected chi connectivity index (χ0v) is 10.1. The Kier molecular flexibility index (Phi) is 4.50. The number of benzene rings is 1.